The van der Waals surface area contributed by atoms with E-state index < -0.39 is 37.3 Å². The minimum atomic E-state index is -1.50. The van der Waals surface area contributed by atoms with E-state index in [9.17, 15) is 25.2 Å². The Morgan fingerprint density at radius 2 is 1.79 bits per heavy atom. The topological polar surface area (TPSA) is 179 Å². The number of rotatable bonds is 11. The summed E-state index contributed by atoms with van der Waals surface area (Å²) in [6, 6.07) is 6.83. The number of aliphatic hydroxyl groups excluding tert-OH is 4. The van der Waals surface area contributed by atoms with Gasteiger partial charge in [-0.15, -0.1) is 5.10 Å². The van der Waals surface area contributed by atoms with Gasteiger partial charge in [-0.05, 0) is 37.1 Å². The van der Waals surface area contributed by atoms with E-state index in [1.54, 1.807) is 34.4 Å². The van der Waals surface area contributed by atoms with Crippen LogP contribution in [0.15, 0.2) is 30.5 Å². The van der Waals surface area contributed by atoms with Crippen LogP contribution in [0.1, 0.15) is 32.1 Å². The van der Waals surface area contributed by atoms with Crippen molar-refractivity contribution in [2.75, 3.05) is 6.61 Å². The maximum absolute atomic E-state index is 11.0. The molecule has 12 heteroatoms. The Hall–Kier alpha value is -2.61. The number of aromatic nitrogens is 3. The summed E-state index contributed by atoms with van der Waals surface area (Å²) in [6.45, 7) is 0.164. The molecule has 3 rings (SSSR count). The highest BCUT2D eigenvalue weighted by atomic mass is 16.7. The number of aliphatic hydroxyl groups is 4. The van der Waals surface area contributed by atoms with Gasteiger partial charge in [-0.1, -0.05) is 18.1 Å². The van der Waals surface area contributed by atoms with Crippen molar-refractivity contribution in [1.82, 2.24) is 20.5 Å². The molecule has 1 aliphatic heterocycles. The molecule has 33 heavy (non-hydrogen) atoms. The van der Waals surface area contributed by atoms with Gasteiger partial charge in [-0.25, -0.2) is 5.48 Å². The van der Waals surface area contributed by atoms with Crippen LogP contribution in [-0.4, -0.2) is 83.8 Å². The van der Waals surface area contributed by atoms with Crippen molar-refractivity contribution >= 4 is 5.91 Å². The molecule has 6 N–H and O–H groups in total. The van der Waals surface area contributed by atoms with Gasteiger partial charge in [0.1, 0.15) is 35.9 Å². The number of carbonyl (C=O) groups excluding carboxylic acids is 1. The number of carbonyl (C=O) groups is 1. The zero-order valence-corrected chi connectivity index (χ0v) is 18.0. The van der Waals surface area contributed by atoms with E-state index in [0.29, 0.717) is 30.8 Å². The van der Waals surface area contributed by atoms with Crippen LogP contribution >= 0.6 is 0 Å². The molecule has 1 amide bonds. The van der Waals surface area contributed by atoms with Crippen LogP contribution in [0.25, 0.3) is 11.3 Å². The van der Waals surface area contributed by atoms with Gasteiger partial charge in [0.25, 0.3) is 0 Å². The molecule has 1 aromatic heterocycles. The molecule has 0 saturated carbocycles. The minimum absolute atomic E-state index is 0.306. The zero-order chi connectivity index (χ0) is 23.8. The summed E-state index contributed by atoms with van der Waals surface area (Å²) >= 11 is 0. The summed E-state index contributed by atoms with van der Waals surface area (Å²) in [5, 5.41) is 55.8. The first kappa shape index (κ1) is 25.0. The highest BCUT2D eigenvalue weighted by Gasteiger charge is 2.44. The SMILES string of the molecule is O=C(CCCCCCn1cc(-c2ccc(O[C@H]3O[C@H](CO)[C@@H](O)[C@H](O)[C@H]3O)cc2)nn1)NO. The zero-order valence-electron chi connectivity index (χ0n) is 18.0. The Morgan fingerprint density at radius 3 is 2.48 bits per heavy atom. The second kappa shape index (κ2) is 12.0. The maximum Gasteiger partial charge on any atom is 0.243 e. The second-order valence-corrected chi connectivity index (χ2v) is 7.91. The quantitative estimate of drug-likeness (QED) is 0.145. The third-order valence-corrected chi connectivity index (χ3v) is 5.46. The van der Waals surface area contributed by atoms with Crippen LogP contribution in [0.5, 0.6) is 5.75 Å². The van der Waals surface area contributed by atoms with E-state index in [1.807, 2.05) is 6.20 Å². The monoisotopic (exact) mass is 466 g/mol. The molecule has 2 aromatic rings. The molecule has 0 bridgehead atoms. The first-order valence-corrected chi connectivity index (χ1v) is 10.8. The molecule has 2 heterocycles. The predicted octanol–water partition coefficient (Wildman–Crippen LogP) is -0.420. The lowest BCUT2D eigenvalue weighted by molar-refractivity contribution is -0.277. The van der Waals surface area contributed by atoms with Crippen molar-refractivity contribution in [2.45, 2.75) is 69.4 Å². The Balaban J connectivity index is 1.48. The standard InChI is InChI=1S/C21H30N4O8/c26-12-16-18(28)19(29)20(30)21(33-16)32-14-8-6-13(7-9-14)15-11-25(24-22-15)10-4-2-1-3-5-17(27)23-31/h6-9,11,16,18-21,26,28-31H,1-5,10,12H2,(H,23,27)/t16-,18-,19+,20-,21+/m1/s1. The van der Waals surface area contributed by atoms with Crippen molar-refractivity contribution < 1.29 is 39.9 Å². The molecule has 182 valence electrons. The van der Waals surface area contributed by atoms with Gasteiger partial charge in [0.2, 0.25) is 12.2 Å². The molecule has 1 aromatic carbocycles. The Bertz CT molecular complexity index is 875. The molecule has 1 fully saturated rings. The van der Waals surface area contributed by atoms with Gasteiger partial charge in [0, 0.05) is 18.5 Å². The third kappa shape index (κ3) is 6.69. The summed E-state index contributed by atoms with van der Waals surface area (Å²) in [4.78, 5) is 11.0. The van der Waals surface area contributed by atoms with Gasteiger partial charge in [0.05, 0.1) is 12.8 Å². The second-order valence-electron chi connectivity index (χ2n) is 7.91. The third-order valence-electron chi connectivity index (χ3n) is 5.46. The van der Waals surface area contributed by atoms with E-state index in [1.165, 1.54) is 0 Å². The fourth-order valence-electron chi connectivity index (χ4n) is 3.51. The molecule has 0 radical (unpaired) electrons. The molecule has 5 atom stereocenters. The summed E-state index contributed by atoms with van der Waals surface area (Å²) in [5.74, 6) is -0.00845. The van der Waals surface area contributed by atoms with Crippen molar-refractivity contribution in [3.63, 3.8) is 0 Å². The van der Waals surface area contributed by atoms with E-state index >= 15 is 0 Å². The number of benzene rings is 1. The number of hydrogen-bond donors (Lipinski definition) is 6. The van der Waals surface area contributed by atoms with Gasteiger partial charge in [0.15, 0.2) is 0 Å². The van der Waals surface area contributed by atoms with Crippen LogP contribution in [0, 0.1) is 0 Å². The Morgan fingerprint density at radius 1 is 1.06 bits per heavy atom. The minimum Gasteiger partial charge on any atom is -0.462 e. The Kier molecular flexibility index (Phi) is 9.11. The summed E-state index contributed by atoms with van der Waals surface area (Å²) < 4.78 is 12.7. The van der Waals surface area contributed by atoms with Crippen LogP contribution in [-0.2, 0) is 16.1 Å². The summed E-state index contributed by atoms with van der Waals surface area (Å²) in [5.41, 5.74) is 3.10. The number of amides is 1. The highest BCUT2D eigenvalue weighted by molar-refractivity contribution is 5.74. The van der Waals surface area contributed by atoms with Gasteiger partial charge in [-0.3, -0.25) is 14.7 Å². The average Bonchev–Trinajstić information content (AvgIpc) is 3.30. The fraction of sp³-hybridized carbons (Fsp3) is 0.571. The number of nitrogens with one attached hydrogen (secondary N) is 1. The van der Waals surface area contributed by atoms with Crippen molar-refractivity contribution in [2.24, 2.45) is 0 Å². The molecular formula is C21H30N4O8. The van der Waals surface area contributed by atoms with Gasteiger partial charge in [-0.2, -0.15) is 0 Å². The Labute approximate surface area is 190 Å². The average molecular weight is 466 g/mol. The van der Waals surface area contributed by atoms with E-state index in [2.05, 4.69) is 10.3 Å². The van der Waals surface area contributed by atoms with E-state index in [4.69, 9.17) is 14.7 Å². The molecular weight excluding hydrogens is 436 g/mol. The van der Waals surface area contributed by atoms with Crippen LogP contribution in [0.2, 0.25) is 0 Å². The number of nitrogens with zero attached hydrogens (tertiary/aromatic N) is 3. The molecule has 12 nitrogen and oxygen atoms in total. The van der Waals surface area contributed by atoms with Crippen molar-refractivity contribution in [1.29, 1.82) is 0 Å². The lowest BCUT2D eigenvalue weighted by Gasteiger charge is -2.39. The molecule has 0 spiro atoms. The summed E-state index contributed by atoms with van der Waals surface area (Å²) in [7, 11) is 0. The highest BCUT2D eigenvalue weighted by Crippen LogP contribution is 2.26. The molecule has 1 saturated heterocycles. The van der Waals surface area contributed by atoms with Crippen molar-refractivity contribution in [3.8, 4) is 17.0 Å². The lowest BCUT2D eigenvalue weighted by atomic mass is 9.99. The normalized spacial score (nSPS) is 25.1. The largest absolute Gasteiger partial charge is 0.462 e. The van der Waals surface area contributed by atoms with E-state index in [0.717, 1.165) is 24.8 Å². The fourth-order valence-corrected chi connectivity index (χ4v) is 3.51. The van der Waals surface area contributed by atoms with Crippen molar-refractivity contribution in [3.05, 3.63) is 30.5 Å². The van der Waals surface area contributed by atoms with Crippen LogP contribution in [0.3, 0.4) is 0 Å². The van der Waals surface area contributed by atoms with E-state index in [-0.39, 0.29) is 5.91 Å². The molecule has 0 aliphatic carbocycles. The number of unbranched alkanes of at least 4 members (excludes halogenated alkanes) is 3. The van der Waals surface area contributed by atoms with Gasteiger partial charge < -0.3 is 29.9 Å². The van der Waals surface area contributed by atoms with Crippen LogP contribution in [0.4, 0.5) is 0 Å². The first-order chi connectivity index (χ1) is 15.9. The molecule has 1 aliphatic rings. The number of hydroxylamine groups is 1. The first-order valence-electron chi connectivity index (χ1n) is 10.8. The van der Waals surface area contributed by atoms with Crippen LogP contribution < -0.4 is 10.2 Å². The molecule has 0 unspecified atom stereocenters. The number of ether oxygens (including phenoxy) is 2. The number of hydrogen-bond acceptors (Lipinski definition) is 10. The maximum atomic E-state index is 11.0. The lowest BCUT2D eigenvalue weighted by Crippen LogP contribution is -2.60. The summed E-state index contributed by atoms with van der Waals surface area (Å²) in [6.07, 6.45) is -1.17. The number of aryl methyl sites for hydroxylation is 1. The van der Waals surface area contributed by atoms with Gasteiger partial charge >= 0.3 is 0 Å². The predicted molar refractivity (Wildman–Crippen MR) is 113 cm³/mol. The smallest absolute Gasteiger partial charge is 0.243 e.